The molecule has 3 amide bonds. The second kappa shape index (κ2) is 7.92. The van der Waals surface area contributed by atoms with Crippen molar-refractivity contribution in [2.24, 2.45) is 5.92 Å². The van der Waals surface area contributed by atoms with Crippen LogP contribution < -0.4 is 16.0 Å². The molecule has 0 bridgehead atoms. The second-order valence-corrected chi connectivity index (χ2v) is 5.36. The first-order chi connectivity index (χ1) is 11.0. The van der Waals surface area contributed by atoms with Gasteiger partial charge in [0.05, 0.1) is 18.4 Å². The van der Waals surface area contributed by atoms with E-state index in [-0.39, 0.29) is 12.5 Å². The second-order valence-electron chi connectivity index (χ2n) is 5.36. The molecular formula is C15H20N6O2. The van der Waals surface area contributed by atoms with Gasteiger partial charge in [-0.2, -0.15) is 5.10 Å². The van der Waals surface area contributed by atoms with Crippen molar-refractivity contribution in [2.75, 3.05) is 18.4 Å². The number of carbonyl (C=O) groups is 2. The summed E-state index contributed by atoms with van der Waals surface area (Å²) in [5.41, 5.74) is 0.529. The minimum atomic E-state index is -0.460. The van der Waals surface area contributed by atoms with Gasteiger partial charge in [-0.25, -0.2) is 14.5 Å². The molecule has 0 fully saturated rings. The minimum absolute atomic E-state index is 0.0721. The highest BCUT2D eigenvalue weighted by molar-refractivity contribution is 5.92. The molecule has 0 spiro atoms. The van der Waals surface area contributed by atoms with Gasteiger partial charge in [0, 0.05) is 18.9 Å². The van der Waals surface area contributed by atoms with E-state index < -0.39 is 6.03 Å². The summed E-state index contributed by atoms with van der Waals surface area (Å²) in [6.07, 6.45) is 4.96. The van der Waals surface area contributed by atoms with Crippen LogP contribution in [0.2, 0.25) is 0 Å². The predicted molar refractivity (Wildman–Crippen MR) is 86.2 cm³/mol. The first-order valence-electron chi connectivity index (χ1n) is 7.32. The van der Waals surface area contributed by atoms with Gasteiger partial charge in [0.1, 0.15) is 0 Å². The summed E-state index contributed by atoms with van der Waals surface area (Å²) in [5, 5.41) is 11.9. The maximum Gasteiger partial charge on any atom is 0.319 e. The zero-order valence-corrected chi connectivity index (χ0v) is 13.1. The molecular weight excluding hydrogens is 296 g/mol. The topological polar surface area (TPSA) is 101 Å². The molecule has 0 aromatic carbocycles. The van der Waals surface area contributed by atoms with Crippen LogP contribution in [0.1, 0.15) is 13.8 Å². The number of aromatic nitrogens is 3. The number of amides is 3. The van der Waals surface area contributed by atoms with Gasteiger partial charge in [-0.05, 0) is 24.1 Å². The van der Waals surface area contributed by atoms with Gasteiger partial charge in [-0.1, -0.05) is 13.8 Å². The van der Waals surface area contributed by atoms with Crippen molar-refractivity contribution >= 4 is 17.6 Å². The lowest BCUT2D eigenvalue weighted by Crippen LogP contribution is -2.40. The Morgan fingerprint density at radius 2 is 2.09 bits per heavy atom. The average Bonchev–Trinajstić information content (AvgIpc) is 3.06. The smallest absolute Gasteiger partial charge is 0.319 e. The Labute approximate surface area is 134 Å². The van der Waals surface area contributed by atoms with E-state index in [4.69, 9.17) is 0 Å². The summed E-state index contributed by atoms with van der Waals surface area (Å²) in [6.45, 7) is 4.51. The van der Waals surface area contributed by atoms with Gasteiger partial charge in [0.15, 0.2) is 5.82 Å². The van der Waals surface area contributed by atoms with Crippen molar-refractivity contribution < 1.29 is 9.59 Å². The molecule has 0 unspecified atom stereocenters. The largest absolute Gasteiger partial charge is 0.354 e. The average molecular weight is 316 g/mol. The van der Waals surface area contributed by atoms with E-state index in [1.54, 1.807) is 35.3 Å². The number of hydrogen-bond donors (Lipinski definition) is 3. The molecule has 8 heteroatoms. The molecule has 0 aliphatic rings. The van der Waals surface area contributed by atoms with Gasteiger partial charge in [0.25, 0.3) is 0 Å². The molecule has 2 aromatic rings. The Balaban J connectivity index is 1.78. The van der Waals surface area contributed by atoms with Gasteiger partial charge in [-0.15, -0.1) is 0 Å². The quantitative estimate of drug-likeness (QED) is 0.744. The molecule has 0 saturated carbocycles. The van der Waals surface area contributed by atoms with Crippen LogP contribution in [-0.4, -0.2) is 39.8 Å². The Morgan fingerprint density at radius 3 is 2.70 bits per heavy atom. The third kappa shape index (κ3) is 5.42. The summed E-state index contributed by atoms with van der Waals surface area (Å²) >= 11 is 0. The highest BCUT2D eigenvalue weighted by Gasteiger charge is 2.06. The SMILES string of the molecule is CC(C)CNC(=O)CNC(=O)Nc1ccc(-n2cccn2)nc1. The fraction of sp³-hybridized carbons (Fsp3) is 0.333. The Morgan fingerprint density at radius 1 is 1.26 bits per heavy atom. The molecule has 0 atom stereocenters. The lowest BCUT2D eigenvalue weighted by molar-refractivity contribution is -0.120. The van der Waals surface area contributed by atoms with Crippen LogP contribution in [0.4, 0.5) is 10.5 Å². The number of nitrogens with one attached hydrogen (secondary N) is 3. The van der Waals surface area contributed by atoms with Gasteiger partial charge in [0.2, 0.25) is 5.91 Å². The summed E-state index contributed by atoms with van der Waals surface area (Å²) in [4.78, 5) is 27.4. The van der Waals surface area contributed by atoms with E-state index in [2.05, 4.69) is 26.0 Å². The van der Waals surface area contributed by atoms with Crippen LogP contribution in [0.5, 0.6) is 0 Å². The number of urea groups is 1. The first kappa shape index (κ1) is 16.5. The van der Waals surface area contributed by atoms with Crippen LogP contribution >= 0.6 is 0 Å². The Kier molecular flexibility index (Phi) is 5.67. The normalized spacial score (nSPS) is 10.4. The molecule has 0 aliphatic heterocycles. The molecule has 2 aromatic heterocycles. The molecule has 2 heterocycles. The summed E-state index contributed by atoms with van der Waals surface area (Å²) in [5.74, 6) is 0.794. The number of carbonyl (C=O) groups excluding carboxylic acids is 2. The van der Waals surface area contributed by atoms with E-state index in [9.17, 15) is 9.59 Å². The van der Waals surface area contributed by atoms with E-state index in [0.29, 0.717) is 24.0 Å². The third-order valence-electron chi connectivity index (χ3n) is 2.86. The van der Waals surface area contributed by atoms with E-state index in [1.807, 2.05) is 13.8 Å². The molecule has 8 nitrogen and oxygen atoms in total. The van der Waals surface area contributed by atoms with E-state index in [1.165, 1.54) is 6.20 Å². The summed E-state index contributed by atoms with van der Waals surface area (Å²) < 4.78 is 1.61. The highest BCUT2D eigenvalue weighted by Crippen LogP contribution is 2.08. The van der Waals surface area contributed by atoms with Crippen molar-refractivity contribution in [3.63, 3.8) is 0 Å². The maximum atomic E-state index is 11.7. The monoisotopic (exact) mass is 316 g/mol. The van der Waals surface area contributed by atoms with Gasteiger partial charge in [-0.3, -0.25) is 4.79 Å². The summed E-state index contributed by atoms with van der Waals surface area (Å²) in [6, 6.07) is 4.78. The van der Waals surface area contributed by atoms with Crippen LogP contribution in [0.15, 0.2) is 36.8 Å². The van der Waals surface area contributed by atoms with Crippen LogP contribution in [0, 0.1) is 5.92 Å². The van der Waals surface area contributed by atoms with Crippen molar-refractivity contribution in [2.45, 2.75) is 13.8 Å². The fourth-order valence-electron chi connectivity index (χ4n) is 1.72. The Hall–Kier alpha value is -2.90. The minimum Gasteiger partial charge on any atom is -0.354 e. The van der Waals surface area contributed by atoms with E-state index in [0.717, 1.165) is 0 Å². The van der Waals surface area contributed by atoms with Crippen LogP contribution in [-0.2, 0) is 4.79 Å². The highest BCUT2D eigenvalue weighted by atomic mass is 16.2. The van der Waals surface area contributed by atoms with E-state index >= 15 is 0 Å². The summed E-state index contributed by atoms with van der Waals surface area (Å²) in [7, 11) is 0. The van der Waals surface area contributed by atoms with Crippen molar-refractivity contribution in [3.05, 3.63) is 36.8 Å². The number of pyridine rings is 1. The number of hydrogen-bond acceptors (Lipinski definition) is 4. The molecule has 0 aliphatic carbocycles. The zero-order chi connectivity index (χ0) is 16.7. The van der Waals surface area contributed by atoms with Gasteiger partial charge >= 0.3 is 6.03 Å². The van der Waals surface area contributed by atoms with Crippen molar-refractivity contribution in [1.82, 2.24) is 25.4 Å². The molecule has 0 saturated heterocycles. The fourth-order valence-corrected chi connectivity index (χ4v) is 1.72. The first-order valence-corrected chi connectivity index (χ1v) is 7.32. The number of anilines is 1. The third-order valence-corrected chi connectivity index (χ3v) is 2.86. The van der Waals surface area contributed by atoms with Crippen LogP contribution in [0.25, 0.3) is 5.82 Å². The maximum absolute atomic E-state index is 11.7. The molecule has 3 N–H and O–H groups in total. The lowest BCUT2D eigenvalue weighted by atomic mass is 10.2. The number of nitrogens with zero attached hydrogens (tertiary/aromatic N) is 3. The number of rotatable bonds is 6. The van der Waals surface area contributed by atoms with Crippen LogP contribution in [0.3, 0.4) is 0 Å². The Bertz CT molecular complexity index is 636. The zero-order valence-electron chi connectivity index (χ0n) is 13.1. The molecule has 122 valence electrons. The lowest BCUT2D eigenvalue weighted by Gasteiger charge is -2.09. The standard InChI is InChI=1S/C15H20N6O2/c1-11(2)8-17-14(22)10-18-15(23)20-12-4-5-13(16-9-12)21-7-3-6-19-21/h3-7,9,11H,8,10H2,1-2H3,(H,17,22)(H2,18,20,23). The molecule has 2 rings (SSSR count). The van der Waals surface area contributed by atoms with Gasteiger partial charge < -0.3 is 16.0 Å². The molecule has 0 radical (unpaired) electrons. The van der Waals surface area contributed by atoms with Crippen molar-refractivity contribution in [3.8, 4) is 5.82 Å². The predicted octanol–water partition coefficient (Wildman–Crippen LogP) is 1.16. The molecule has 23 heavy (non-hydrogen) atoms. The van der Waals surface area contributed by atoms with Crippen molar-refractivity contribution in [1.29, 1.82) is 0 Å².